The third kappa shape index (κ3) is 5.15. The van der Waals surface area contributed by atoms with Crippen LogP contribution in [0.3, 0.4) is 0 Å². The first kappa shape index (κ1) is 25.8. The summed E-state index contributed by atoms with van der Waals surface area (Å²) in [6.07, 6.45) is 19.9. The minimum absolute atomic E-state index is 0.461. The van der Waals surface area contributed by atoms with Gasteiger partial charge < -0.3 is 4.74 Å². The van der Waals surface area contributed by atoms with Crippen LogP contribution < -0.4 is 0 Å². The summed E-state index contributed by atoms with van der Waals surface area (Å²) in [7, 11) is 0. The van der Waals surface area contributed by atoms with Crippen LogP contribution in [0, 0.1) is 52.3 Å². The maximum Gasteiger partial charge on any atom is 0.0612 e. The van der Waals surface area contributed by atoms with Crippen molar-refractivity contribution in [3.63, 3.8) is 0 Å². The molecule has 0 radical (unpaired) electrons. The molecule has 4 aliphatic carbocycles. The Kier molecular flexibility index (Phi) is 8.09. The van der Waals surface area contributed by atoms with Gasteiger partial charge in [-0.15, -0.1) is 0 Å². The molecule has 0 spiro atoms. The Morgan fingerprint density at radius 1 is 0.879 bits per heavy atom. The van der Waals surface area contributed by atoms with E-state index in [0.717, 1.165) is 48.0 Å². The molecule has 0 aliphatic heterocycles. The molecule has 0 aromatic rings. The molecule has 0 saturated heterocycles. The first-order valence-corrected chi connectivity index (χ1v) is 15.0. The van der Waals surface area contributed by atoms with Gasteiger partial charge in [-0.25, -0.2) is 0 Å². The average Bonchev–Trinajstić information content (AvgIpc) is 3.10. The minimum Gasteiger partial charge on any atom is -0.378 e. The second kappa shape index (κ2) is 10.4. The fourth-order valence-electron chi connectivity index (χ4n) is 9.26. The monoisotopic (exact) mass is 456 g/mol. The molecule has 3 fully saturated rings. The van der Waals surface area contributed by atoms with Crippen LogP contribution in [0.15, 0.2) is 11.6 Å². The van der Waals surface area contributed by atoms with Crippen molar-refractivity contribution in [1.29, 1.82) is 0 Å². The highest BCUT2D eigenvalue weighted by molar-refractivity contribution is 5.25. The summed E-state index contributed by atoms with van der Waals surface area (Å²) in [5.41, 5.74) is 2.85. The summed E-state index contributed by atoms with van der Waals surface area (Å²) in [5, 5.41) is 0. The van der Waals surface area contributed by atoms with E-state index in [2.05, 4.69) is 54.5 Å². The van der Waals surface area contributed by atoms with Crippen LogP contribution in [-0.4, -0.2) is 12.7 Å². The van der Waals surface area contributed by atoms with E-state index in [1.807, 2.05) is 0 Å². The highest BCUT2D eigenvalue weighted by Gasteiger charge is 2.59. The lowest BCUT2D eigenvalue weighted by Crippen LogP contribution is -2.51. The molecule has 0 heterocycles. The van der Waals surface area contributed by atoms with Gasteiger partial charge in [0, 0.05) is 6.61 Å². The van der Waals surface area contributed by atoms with Gasteiger partial charge in [0.2, 0.25) is 0 Å². The summed E-state index contributed by atoms with van der Waals surface area (Å²) in [5.74, 6) is 6.35. The Bertz CT molecular complexity index is 676. The third-order valence-corrected chi connectivity index (χ3v) is 11.3. The van der Waals surface area contributed by atoms with Crippen molar-refractivity contribution in [1.82, 2.24) is 0 Å². The van der Waals surface area contributed by atoms with Crippen LogP contribution in [0.4, 0.5) is 0 Å². The Morgan fingerprint density at radius 3 is 2.36 bits per heavy atom. The molecule has 3 saturated carbocycles. The van der Waals surface area contributed by atoms with E-state index in [-0.39, 0.29) is 0 Å². The molecule has 4 aliphatic rings. The molecule has 1 nitrogen and oxygen atoms in total. The van der Waals surface area contributed by atoms with Crippen LogP contribution in [0.5, 0.6) is 0 Å². The fourth-order valence-corrected chi connectivity index (χ4v) is 9.26. The van der Waals surface area contributed by atoms with Crippen LogP contribution in [0.1, 0.15) is 126 Å². The zero-order valence-electron chi connectivity index (χ0n) is 23.3. The van der Waals surface area contributed by atoms with Crippen molar-refractivity contribution in [3.8, 4) is 0 Å². The van der Waals surface area contributed by atoms with Gasteiger partial charge in [0.05, 0.1) is 6.10 Å². The fraction of sp³-hybridized carbons (Fsp3) is 0.938. The van der Waals surface area contributed by atoms with Crippen LogP contribution >= 0.6 is 0 Å². The summed E-state index contributed by atoms with van der Waals surface area (Å²) in [6.45, 7) is 18.3. The molecule has 33 heavy (non-hydrogen) atoms. The maximum absolute atomic E-state index is 6.36. The molecule has 1 heteroatoms. The SMILES string of the molecule is CC(C)CCC[C@@H](C)[C@H]1CC[C@H]2[C@@H]3CC=C4C[C@@H](OCCC(C)C)CC[C@]4(C)[C@H]3CC[C@]12C. The average molecular weight is 457 g/mol. The molecular weight excluding hydrogens is 400 g/mol. The summed E-state index contributed by atoms with van der Waals surface area (Å²) >= 11 is 0. The smallest absolute Gasteiger partial charge is 0.0612 e. The van der Waals surface area contributed by atoms with Gasteiger partial charge in [-0.1, -0.05) is 79.4 Å². The second-order valence-corrected chi connectivity index (χ2v) is 14.2. The number of fused-ring (bicyclic) bond motifs is 5. The summed E-state index contributed by atoms with van der Waals surface area (Å²) in [6, 6.07) is 0. The Morgan fingerprint density at radius 2 is 1.64 bits per heavy atom. The Balaban J connectivity index is 1.41. The molecule has 8 atom stereocenters. The zero-order valence-corrected chi connectivity index (χ0v) is 23.3. The van der Waals surface area contributed by atoms with Gasteiger partial charge in [0.15, 0.2) is 0 Å². The van der Waals surface area contributed by atoms with E-state index in [4.69, 9.17) is 4.74 Å². The van der Waals surface area contributed by atoms with Gasteiger partial charge in [-0.2, -0.15) is 0 Å². The molecule has 0 N–H and O–H groups in total. The van der Waals surface area contributed by atoms with E-state index in [0.29, 0.717) is 16.9 Å². The largest absolute Gasteiger partial charge is 0.378 e. The molecule has 190 valence electrons. The minimum atomic E-state index is 0.461. The van der Waals surface area contributed by atoms with Crippen molar-refractivity contribution in [3.05, 3.63) is 11.6 Å². The molecule has 0 unspecified atom stereocenters. The highest BCUT2D eigenvalue weighted by Crippen LogP contribution is 2.67. The Hall–Kier alpha value is -0.300. The van der Waals surface area contributed by atoms with E-state index >= 15 is 0 Å². The van der Waals surface area contributed by atoms with Crippen molar-refractivity contribution in [2.75, 3.05) is 6.61 Å². The number of allylic oxidation sites excluding steroid dienone is 1. The van der Waals surface area contributed by atoms with Crippen LogP contribution in [-0.2, 0) is 4.74 Å². The molecule has 0 aromatic heterocycles. The predicted molar refractivity (Wildman–Crippen MR) is 142 cm³/mol. The molecular formula is C32H56O. The number of ether oxygens (including phenoxy) is 1. The lowest BCUT2D eigenvalue weighted by Gasteiger charge is -2.58. The van der Waals surface area contributed by atoms with E-state index in [9.17, 15) is 0 Å². The third-order valence-electron chi connectivity index (χ3n) is 11.3. The molecule has 0 amide bonds. The van der Waals surface area contributed by atoms with E-state index in [1.54, 1.807) is 5.57 Å². The normalized spacial score (nSPS) is 41.5. The predicted octanol–water partition coefficient (Wildman–Crippen LogP) is 9.46. The molecule has 4 rings (SSSR count). The number of hydrogen-bond acceptors (Lipinski definition) is 1. The van der Waals surface area contributed by atoms with Crippen molar-refractivity contribution in [2.45, 2.75) is 132 Å². The first-order chi connectivity index (χ1) is 15.6. The Labute approximate surface area is 206 Å². The highest BCUT2D eigenvalue weighted by atomic mass is 16.5. The molecule has 0 aromatic carbocycles. The first-order valence-electron chi connectivity index (χ1n) is 15.0. The van der Waals surface area contributed by atoms with Gasteiger partial charge in [-0.05, 0) is 110 Å². The molecule has 0 bridgehead atoms. The van der Waals surface area contributed by atoms with Gasteiger partial charge in [0.1, 0.15) is 0 Å². The lowest BCUT2D eigenvalue weighted by atomic mass is 9.47. The van der Waals surface area contributed by atoms with Crippen LogP contribution in [0.2, 0.25) is 0 Å². The van der Waals surface area contributed by atoms with Crippen LogP contribution in [0.25, 0.3) is 0 Å². The van der Waals surface area contributed by atoms with E-state index < -0.39 is 0 Å². The summed E-state index contributed by atoms with van der Waals surface area (Å²) in [4.78, 5) is 0. The summed E-state index contributed by atoms with van der Waals surface area (Å²) < 4.78 is 6.36. The maximum atomic E-state index is 6.36. The van der Waals surface area contributed by atoms with E-state index in [1.165, 1.54) is 77.0 Å². The number of hydrogen-bond donors (Lipinski definition) is 0. The number of rotatable bonds is 9. The zero-order chi connectivity index (χ0) is 23.8. The van der Waals surface area contributed by atoms with Crippen molar-refractivity contribution < 1.29 is 4.74 Å². The topological polar surface area (TPSA) is 9.23 Å². The lowest BCUT2D eigenvalue weighted by molar-refractivity contribution is -0.0644. The van der Waals surface area contributed by atoms with Gasteiger partial charge in [0.25, 0.3) is 0 Å². The quantitative estimate of drug-likeness (QED) is 0.314. The van der Waals surface area contributed by atoms with Gasteiger partial charge in [-0.3, -0.25) is 0 Å². The van der Waals surface area contributed by atoms with Crippen molar-refractivity contribution in [2.24, 2.45) is 52.3 Å². The van der Waals surface area contributed by atoms with Gasteiger partial charge >= 0.3 is 0 Å². The second-order valence-electron chi connectivity index (χ2n) is 14.2. The standard InChI is InChI=1S/C32H56O/c1-22(2)9-8-10-24(5)28-13-14-29-27-12-11-25-21-26(33-20-17-23(3)4)15-18-31(25,6)30(27)16-19-32(28,29)7/h11,22-24,26-30H,8-10,12-21H2,1-7H3/t24-,26+,27+,28-,29+,30+,31+,32-/m1/s1. The van der Waals surface area contributed by atoms with Crippen molar-refractivity contribution >= 4 is 0 Å².